The molecule has 1 amide bonds. The van der Waals surface area contributed by atoms with Gasteiger partial charge in [0.25, 0.3) is 0 Å². The average molecular weight is 330 g/mol. The molecule has 0 fully saturated rings. The summed E-state index contributed by atoms with van der Waals surface area (Å²) < 4.78 is 11.3. The first kappa shape index (κ1) is 15.8. The van der Waals surface area contributed by atoms with Gasteiger partial charge in [-0.25, -0.2) is 0 Å². The van der Waals surface area contributed by atoms with Crippen LogP contribution in [0.5, 0.6) is 11.5 Å². The Balaban J connectivity index is 2.81. The Labute approximate surface area is 122 Å². The molecule has 0 aliphatic heterocycles. The van der Waals surface area contributed by atoms with Gasteiger partial charge in [-0.15, -0.1) is 0 Å². The molecule has 0 radical (unpaired) electrons. The second kappa shape index (κ2) is 7.38. The minimum Gasteiger partial charge on any atom is -0.493 e. The third-order valence-corrected chi connectivity index (χ3v) is 3.80. The molecule has 0 aromatic heterocycles. The molecule has 0 aliphatic carbocycles. The molecular formula is C14H20BrNO3. The quantitative estimate of drug-likeness (QED) is 0.872. The van der Waals surface area contributed by atoms with Gasteiger partial charge in [-0.05, 0) is 24.1 Å². The lowest BCUT2D eigenvalue weighted by atomic mass is 10.1. The first-order valence-electron chi connectivity index (χ1n) is 6.21. The maximum Gasteiger partial charge on any atom is 0.223 e. The molecule has 0 bridgehead atoms. The van der Waals surface area contributed by atoms with Crippen molar-refractivity contribution in [1.29, 1.82) is 0 Å². The van der Waals surface area contributed by atoms with Gasteiger partial charge >= 0.3 is 0 Å². The lowest BCUT2D eigenvalue weighted by Gasteiger charge is -2.14. The SMILES string of the molecule is CCC(C)C(=O)NCc1cc(OC)c(OC)cc1Br. The topological polar surface area (TPSA) is 47.6 Å². The minimum atomic E-state index is 0.0268. The summed E-state index contributed by atoms with van der Waals surface area (Å²) in [5.74, 6) is 1.40. The molecule has 4 nitrogen and oxygen atoms in total. The smallest absolute Gasteiger partial charge is 0.223 e. The van der Waals surface area contributed by atoms with E-state index in [9.17, 15) is 4.79 Å². The van der Waals surface area contributed by atoms with E-state index in [4.69, 9.17) is 9.47 Å². The van der Waals surface area contributed by atoms with E-state index in [1.807, 2.05) is 26.0 Å². The maximum atomic E-state index is 11.8. The first-order chi connectivity index (χ1) is 9.03. The third-order valence-electron chi connectivity index (χ3n) is 3.07. The van der Waals surface area contributed by atoms with Gasteiger partial charge in [0.1, 0.15) is 0 Å². The number of carbonyl (C=O) groups is 1. The van der Waals surface area contributed by atoms with Crippen molar-refractivity contribution >= 4 is 21.8 Å². The van der Waals surface area contributed by atoms with E-state index in [-0.39, 0.29) is 11.8 Å². The maximum absolute atomic E-state index is 11.8. The van der Waals surface area contributed by atoms with Crippen molar-refractivity contribution in [1.82, 2.24) is 5.32 Å². The van der Waals surface area contributed by atoms with Crippen LogP contribution >= 0.6 is 15.9 Å². The highest BCUT2D eigenvalue weighted by Crippen LogP contribution is 2.33. The lowest BCUT2D eigenvalue weighted by Crippen LogP contribution is -2.28. The summed E-state index contributed by atoms with van der Waals surface area (Å²) in [6, 6.07) is 3.70. The van der Waals surface area contributed by atoms with Gasteiger partial charge in [-0.2, -0.15) is 0 Å². The fourth-order valence-corrected chi connectivity index (χ4v) is 2.04. The Kier molecular flexibility index (Phi) is 6.15. The lowest BCUT2D eigenvalue weighted by molar-refractivity contribution is -0.124. The van der Waals surface area contributed by atoms with E-state index in [0.717, 1.165) is 16.5 Å². The Bertz CT molecular complexity index is 449. The normalized spacial score (nSPS) is 11.8. The molecule has 0 saturated carbocycles. The van der Waals surface area contributed by atoms with Crippen molar-refractivity contribution in [2.24, 2.45) is 5.92 Å². The highest BCUT2D eigenvalue weighted by molar-refractivity contribution is 9.10. The van der Waals surface area contributed by atoms with Gasteiger partial charge in [0.05, 0.1) is 14.2 Å². The summed E-state index contributed by atoms with van der Waals surface area (Å²) in [6.07, 6.45) is 0.832. The van der Waals surface area contributed by atoms with Gasteiger partial charge in [-0.3, -0.25) is 4.79 Å². The van der Waals surface area contributed by atoms with Crippen molar-refractivity contribution in [3.8, 4) is 11.5 Å². The number of rotatable bonds is 6. The molecule has 0 aliphatic rings. The van der Waals surface area contributed by atoms with Crippen LogP contribution in [0.3, 0.4) is 0 Å². The number of methoxy groups -OCH3 is 2. The summed E-state index contributed by atoms with van der Waals surface area (Å²) >= 11 is 3.47. The fourth-order valence-electron chi connectivity index (χ4n) is 1.57. The van der Waals surface area contributed by atoms with E-state index < -0.39 is 0 Å². The van der Waals surface area contributed by atoms with E-state index in [0.29, 0.717) is 18.0 Å². The molecule has 1 atom stereocenters. The van der Waals surface area contributed by atoms with Crippen LogP contribution in [0.2, 0.25) is 0 Å². The zero-order chi connectivity index (χ0) is 14.4. The molecular weight excluding hydrogens is 310 g/mol. The monoisotopic (exact) mass is 329 g/mol. The minimum absolute atomic E-state index is 0.0268. The van der Waals surface area contributed by atoms with Crippen molar-refractivity contribution < 1.29 is 14.3 Å². The second-order valence-corrected chi connectivity index (χ2v) is 5.18. The van der Waals surface area contributed by atoms with Gasteiger partial charge in [-0.1, -0.05) is 29.8 Å². The van der Waals surface area contributed by atoms with Crippen molar-refractivity contribution in [2.45, 2.75) is 26.8 Å². The average Bonchev–Trinajstić information content (AvgIpc) is 2.44. The highest BCUT2D eigenvalue weighted by atomic mass is 79.9. The number of nitrogens with one attached hydrogen (secondary N) is 1. The zero-order valence-electron chi connectivity index (χ0n) is 11.7. The summed E-state index contributed by atoms with van der Waals surface area (Å²) in [5, 5.41) is 2.91. The summed E-state index contributed by atoms with van der Waals surface area (Å²) in [6.45, 7) is 4.37. The Morgan fingerprint density at radius 3 is 2.42 bits per heavy atom. The predicted octanol–water partition coefficient (Wildman–Crippen LogP) is 3.13. The zero-order valence-corrected chi connectivity index (χ0v) is 13.3. The van der Waals surface area contributed by atoms with Crippen molar-refractivity contribution in [3.63, 3.8) is 0 Å². The Morgan fingerprint density at radius 1 is 1.32 bits per heavy atom. The summed E-state index contributed by atoms with van der Waals surface area (Å²) in [7, 11) is 3.18. The molecule has 1 rings (SSSR count). The van der Waals surface area contributed by atoms with Crippen LogP contribution < -0.4 is 14.8 Å². The second-order valence-electron chi connectivity index (χ2n) is 4.33. The molecule has 19 heavy (non-hydrogen) atoms. The van der Waals surface area contributed by atoms with Crippen LogP contribution in [0.15, 0.2) is 16.6 Å². The van der Waals surface area contributed by atoms with E-state index >= 15 is 0 Å². The van der Waals surface area contributed by atoms with Crippen LogP contribution in [-0.4, -0.2) is 20.1 Å². The van der Waals surface area contributed by atoms with E-state index in [1.165, 1.54) is 0 Å². The predicted molar refractivity (Wildman–Crippen MR) is 78.5 cm³/mol. The molecule has 1 unspecified atom stereocenters. The van der Waals surface area contributed by atoms with Gasteiger partial charge in [0.15, 0.2) is 11.5 Å². The fraction of sp³-hybridized carbons (Fsp3) is 0.500. The van der Waals surface area contributed by atoms with E-state index in [1.54, 1.807) is 14.2 Å². The number of amides is 1. The molecule has 1 aromatic carbocycles. The number of carbonyl (C=O) groups excluding carboxylic acids is 1. The number of hydrogen-bond acceptors (Lipinski definition) is 3. The Morgan fingerprint density at radius 2 is 1.89 bits per heavy atom. The number of benzene rings is 1. The molecule has 5 heteroatoms. The molecule has 0 spiro atoms. The van der Waals surface area contributed by atoms with Crippen LogP contribution in [-0.2, 0) is 11.3 Å². The molecule has 1 aromatic rings. The van der Waals surface area contributed by atoms with Crippen LogP contribution in [0.1, 0.15) is 25.8 Å². The number of hydrogen-bond donors (Lipinski definition) is 1. The standard InChI is InChI=1S/C14H20BrNO3/c1-5-9(2)14(17)16-8-10-6-12(18-3)13(19-4)7-11(10)15/h6-7,9H,5,8H2,1-4H3,(H,16,17). The molecule has 106 valence electrons. The third kappa shape index (κ3) is 4.13. The van der Waals surface area contributed by atoms with Crippen LogP contribution in [0.25, 0.3) is 0 Å². The molecule has 1 N–H and O–H groups in total. The van der Waals surface area contributed by atoms with Crippen LogP contribution in [0.4, 0.5) is 0 Å². The van der Waals surface area contributed by atoms with E-state index in [2.05, 4.69) is 21.2 Å². The molecule has 0 heterocycles. The summed E-state index contributed by atoms with van der Waals surface area (Å²) in [4.78, 5) is 11.8. The van der Waals surface area contributed by atoms with Gasteiger partial charge < -0.3 is 14.8 Å². The van der Waals surface area contributed by atoms with Crippen molar-refractivity contribution in [2.75, 3.05) is 14.2 Å². The number of halogens is 1. The molecule has 0 saturated heterocycles. The highest BCUT2D eigenvalue weighted by Gasteiger charge is 2.13. The number of ether oxygens (including phenoxy) is 2. The van der Waals surface area contributed by atoms with Crippen molar-refractivity contribution in [3.05, 3.63) is 22.2 Å². The Hall–Kier alpha value is -1.23. The van der Waals surface area contributed by atoms with Gasteiger partial charge in [0, 0.05) is 16.9 Å². The van der Waals surface area contributed by atoms with Gasteiger partial charge in [0.2, 0.25) is 5.91 Å². The largest absolute Gasteiger partial charge is 0.493 e. The summed E-state index contributed by atoms with van der Waals surface area (Å²) in [5.41, 5.74) is 0.953. The van der Waals surface area contributed by atoms with Crippen LogP contribution in [0, 0.1) is 5.92 Å². The first-order valence-corrected chi connectivity index (χ1v) is 7.00.